The lowest BCUT2D eigenvalue weighted by molar-refractivity contribution is -0.116. The first kappa shape index (κ1) is 24.8. The average molecular weight is 476 g/mol. The molecule has 1 N–H and O–H groups in total. The molecule has 6 nitrogen and oxygen atoms in total. The van der Waals surface area contributed by atoms with Gasteiger partial charge in [0.15, 0.2) is 11.5 Å². The van der Waals surface area contributed by atoms with Crippen LogP contribution in [0.3, 0.4) is 0 Å². The van der Waals surface area contributed by atoms with Crippen molar-refractivity contribution in [2.24, 2.45) is 0 Å². The first-order chi connectivity index (χ1) is 16.8. The van der Waals surface area contributed by atoms with Gasteiger partial charge in [-0.25, -0.2) is 4.98 Å². The van der Waals surface area contributed by atoms with Gasteiger partial charge in [0.25, 0.3) is 0 Å². The zero-order chi connectivity index (χ0) is 24.8. The fraction of sp³-hybridized carbons (Fsp3) is 0.448. The first-order valence-electron chi connectivity index (χ1n) is 12.6. The van der Waals surface area contributed by atoms with Crippen LogP contribution in [0.15, 0.2) is 55.1 Å². The summed E-state index contributed by atoms with van der Waals surface area (Å²) in [7, 11) is 0. The number of carbonyl (C=O) groups is 1. The van der Waals surface area contributed by atoms with Crippen molar-refractivity contribution in [1.29, 1.82) is 0 Å². The molecule has 1 aliphatic rings. The number of aromatic nitrogens is 2. The van der Waals surface area contributed by atoms with Crippen LogP contribution in [0.1, 0.15) is 82.4 Å². The maximum Gasteiger partial charge on any atom is 0.231 e. The van der Waals surface area contributed by atoms with Crippen LogP contribution in [-0.2, 0) is 16.8 Å². The normalized spacial score (nSPS) is 13.6. The SMILES string of the molecule is CCCCCC(CC(=O)Nc1cc(Cn2ccnc2)ccc1C(C)(C)C)c1ccc2c(c1)OCO2. The van der Waals surface area contributed by atoms with Gasteiger partial charge in [-0.15, -0.1) is 0 Å². The number of nitrogens with zero attached hydrogens (tertiary/aromatic N) is 2. The summed E-state index contributed by atoms with van der Waals surface area (Å²) in [4.78, 5) is 17.5. The Kier molecular flexibility index (Phi) is 7.79. The van der Waals surface area contributed by atoms with Gasteiger partial charge in [0.1, 0.15) is 0 Å². The molecule has 2 heterocycles. The fourth-order valence-corrected chi connectivity index (χ4v) is 4.66. The first-order valence-corrected chi connectivity index (χ1v) is 12.6. The Labute approximate surface area is 208 Å². The van der Waals surface area contributed by atoms with Crippen molar-refractivity contribution < 1.29 is 14.3 Å². The lowest BCUT2D eigenvalue weighted by Crippen LogP contribution is -2.21. The molecule has 0 aliphatic carbocycles. The van der Waals surface area contributed by atoms with Crippen LogP contribution in [0.25, 0.3) is 0 Å². The molecule has 1 amide bonds. The Morgan fingerprint density at radius 1 is 1.11 bits per heavy atom. The molecule has 1 atom stereocenters. The highest BCUT2D eigenvalue weighted by Gasteiger charge is 2.23. The molecule has 2 aromatic carbocycles. The van der Waals surface area contributed by atoms with Crippen LogP contribution in [0.4, 0.5) is 5.69 Å². The van der Waals surface area contributed by atoms with Crippen molar-refractivity contribution in [3.63, 3.8) is 0 Å². The summed E-state index contributed by atoms with van der Waals surface area (Å²) in [6, 6.07) is 12.4. The van der Waals surface area contributed by atoms with Crippen LogP contribution in [-0.4, -0.2) is 22.3 Å². The van der Waals surface area contributed by atoms with Crippen LogP contribution < -0.4 is 14.8 Å². The zero-order valence-electron chi connectivity index (χ0n) is 21.3. The number of carbonyl (C=O) groups excluding carboxylic acids is 1. The minimum atomic E-state index is -0.0893. The van der Waals surface area contributed by atoms with Crippen LogP contribution in [0, 0.1) is 0 Å². The molecule has 0 radical (unpaired) electrons. The summed E-state index contributed by atoms with van der Waals surface area (Å²) in [5.41, 5.74) is 4.18. The predicted molar refractivity (Wildman–Crippen MR) is 139 cm³/mol. The number of fused-ring (bicyclic) bond motifs is 1. The zero-order valence-corrected chi connectivity index (χ0v) is 21.3. The molecule has 0 spiro atoms. The molecule has 1 unspecified atom stereocenters. The van der Waals surface area contributed by atoms with Crippen molar-refractivity contribution in [3.8, 4) is 11.5 Å². The molecule has 3 aromatic rings. The molecule has 4 rings (SSSR count). The Morgan fingerprint density at radius 3 is 2.69 bits per heavy atom. The number of anilines is 1. The summed E-state index contributed by atoms with van der Waals surface area (Å²) in [5.74, 6) is 1.71. The van der Waals surface area contributed by atoms with Crippen LogP contribution >= 0.6 is 0 Å². The van der Waals surface area contributed by atoms with E-state index in [1.807, 2.05) is 29.2 Å². The van der Waals surface area contributed by atoms with Gasteiger partial charge in [0, 0.05) is 31.0 Å². The highest BCUT2D eigenvalue weighted by molar-refractivity contribution is 5.92. The van der Waals surface area contributed by atoms with Crippen molar-refractivity contribution in [1.82, 2.24) is 9.55 Å². The molecule has 186 valence electrons. The van der Waals surface area contributed by atoms with Gasteiger partial charge in [-0.05, 0) is 52.6 Å². The Morgan fingerprint density at radius 2 is 1.94 bits per heavy atom. The number of ether oxygens (including phenoxy) is 2. The van der Waals surface area contributed by atoms with Crippen molar-refractivity contribution in [3.05, 3.63) is 71.8 Å². The molecule has 1 aromatic heterocycles. The smallest absolute Gasteiger partial charge is 0.231 e. The van der Waals surface area contributed by atoms with Gasteiger partial charge >= 0.3 is 0 Å². The highest BCUT2D eigenvalue weighted by atomic mass is 16.7. The number of amides is 1. The molecule has 35 heavy (non-hydrogen) atoms. The van der Waals surface area contributed by atoms with Crippen molar-refractivity contribution >= 4 is 11.6 Å². The maximum absolute atomic E-state index is 13.4. The van der Waals surface area contributed by atoms with E-state index in [2.05, 4.69) is 62.3 Å². The highest BCUT2D eigenvalue weighted by Crippen LogP contribution is 2.37. The summed E-state index contributed by atoms with van der Waals surface area (Å²) >= 11 is 0. The minimum Gasteiger partial charge on any atom is -0.454 e. The van der Waals surface area contributed by atoms with E-state index in [0.29, 0.717) is 13.0 Å². The quantitative estimate of drug-likeness (QED) is 0.333. The number of hydrogen-bond donors (Lipinski definition) is 1. The monoisotopic (exact) mass is 475 g/mol. The summed E-state index contributed by atoms with van der Waals surface area (Å²) in [6.07, 6.45) is 10.3. The van der Waals surface area contributed by atoms with Crippen LogP contribution in [0.5, 0.6) is 11.5 Å². The van der Waals surface area contributed by atoms with Gasteiger partial charge in [-0.2, -0.15) is 0 Å². The van der Waals surface area contributed by atoms with E-state index in [1.54, 1.807) is 6.20 Å². The standard InChI is InChI=1S/C29H37N3O3/c1-5-6-7-8-22(23-10-12-26-27(16-23)35-20-34-26)17-28(33)31-25-15-21(18-32-14-13-30-19-32)9-11-24(25)29(2,3)4/h9-16,19,22H,5-8,17-18,20H2,1-4H3,(H,31,33). The second-order valence-corrected chi connectivity index (χ2v) is 10.4. The summed E-state index contributed by atoms with van der Waals surface area (Å²) < 4.78 is 13.1. The van der Waals surface area contributed by atoms with Gasteiger partial charge in [-0.1, -0.05) is 65.2 Å². The topological polar surface area (TPSA) is 65.4 Å². The molecule has 1 aliphatic heterocycles. The number of nitrogens with one attached hydrogen (secondary N) is 1. The lowest BCUT2D eigenvalue weighted by Gasteiger charge is -2.25. The predicted octanol–water partition coefficient (Wildman–Crippen LogP) is 6.65. The van der Waals surface area contributed by atoms with E-state index in [0.717, 1.165) is 59.6 Å². The average Bonchev–Trinajstić information content (AvgIpc) is 3.49. The van der Waals surface area contributed by atoms with Gasteiger partial charge < -0.3 is 19.4 Å². The third-order valence-electron chi connectivity index (χ3n) is 6.55. The number of benzene rings is 2. The van der Waals surface area contributed by atoms with E-state index < -0.39 is 0 Å². The van der Waals surface area contributed by atoms with E-state index in [9.17, 15) is 4.79 Å². The Balaban J connectivity index is 1.53. The molecular weight excluding hydrogens is 438 g/mol. The van der Waals surface area contributed by atoms with Gasteiger partial charge in [0.05, 0.1) is 6.33 Å². The molecule has 6 heteroatoms. The second kappa shape index (κ2) is 11.0. The Bertz CT molecular complexity index is 1130. The van der Waals surface area contributed by atoms with Gasteiger partial charge in [0.2, 0.25) is 12.7 Å². The number of unbranched alkanes of at least 4 members (excludes halogenated alkanes) is 2. The van der Waals surface area contributed by atoms with Gasteiger partial charge in [-0.3, -0.25) is 4.79 Å². The molecule has 0 bridgehead atoms. The van der Waals surface area contributed by atoms with E-state index in [4.69, 9.17) is 9.47 Å². The van der Waals surface area contributed by atoms with Crippen molar-refractivity contribution in [2.45, 2.75) is 77.7 Å². The number of hydrogen-bond acceptors (Lipinski definition) is 4. The maximum atomic E-state index is 13.4. The summed E-state index contributed by atoms with van der Waals surface area (Å²) in [5, 5.41) is 3.26. The number of imidazole rings is 1. The second-order valence-electron chi connectivity index (χ2n) is 10.4. The Hall–Kier alpha value is -3.28. The molecule has 0 saturated carbocycles. The van der Waals surface area contributed by atoms with E-state index in [-0.39, 0.29) is 24.0 Å². The van der Waals surface area contributed by atoms with Crippen molar-refractivity contribution in [2.75, 3.05) is 12.1 Å². The molecular formula is C29H37N3O3. The number of rotatable bonds is 10. The third kappa shape index (κ3) is 6.44. The van der Waals surface area contributed by atoms with E-state index in [1.165, 1.54) is 0 Å². The lowest BCUT2D eigenvalue weighted by atomic mass is 9.85. The van der Waals surface area contributed by atoms with E-state index >= 15 is 0 Å². The molecule has 0 saturated heterocycles. The summed E-state index contributed by atoms with van der Waals surface area (Å²) in [6.45, 7) is 9.69. The molecule has 0 fully saturated rings. The van der Waals surface area contributed by atoms with Crippen LogP contribution in [0.2, 0.25) is 0 Å². The largest absolute Gasteiger partial charge is 0.454 e. The minimum absolute atomic E-state index is 0.0365. The third-order valence-corrected chi connectivity index (χ3v) is 6.55. The fourth-order valence-electron chi connectivity index (χ4n) is 4.66.